The lowest BCUT2D eigenvalue weighted by atomic mass is 10.0. The maximum atomic E-state index is 13.8. The zero-order chi connectivity index (χ0) is 14.7. The molecular weight excluding hydrogens is 281 g/mol. The van der Waals surface area contributed by atoms with Crippen LogP contribution >= 0.6 is 11.6 Å². The summed E-state index contributed by atoms with van der Waals surface area (Å²) in [4.78, 5) is 4.23. The summed E-state index contributed by atoms with van der Waals surface area (Å²) in [6.45, 7) is 4.06. The van der Waals surface area contributed by atoms with Crippen LogP contribution in [0.15, 0.2) is 22.7 Å². The van der Waals surface area contributed by atoms with Crippen molar-refractivity contribution in [1.82, 2.24) is 10.1 Å². The van der Waals surface area contributed by atoms with Crippen LogP contribution in [-0.2, 0) is 12.8 Å². The number of aromatic nitrogens is 2. The Morgan fingerprint density at radius 2 is 2.15 bits per heavy atom. The molecule has 2 N–H and O–H groups in total. The molecule has 0 bridgehead atoms. The standard InChI is InChI=1S/C14H17ClFN3O/c1-8(2)11(17)7-13-18-12(19-20-13)6-9-4-3-5-10(15)14(9)16/h3-5,8,11H,6-7,17H2,1-2H3. The average Bonchev–Trinajstić information content (AvgIpc) is 2.82. The van der Waals surface area contributed by atoms with Crippen LogP contribution < -0.4 is 5.73 Å². The number of halogens is 2. The molecule has 0 fully saturated rings. The van der Waals surface area contributed by atoms with Crippen molar-refractivity contribution in [3.8, 4) is 0 Å². The summed E-state index contributed by atoms with van der Waals surface area (Å²) in [5, 5.41) is 3.93. The SMILES string of the molecule is CC(C)C(N)Cc1nc(Cc2cccc(Cl)c2F)no1. The monoisotopic (exact) mass is 297 g/mol. The summed E-state index contributed by atoms with van der Waals surface area (Å²) >= 11 is 5.73. The molecule has 0 saturated carbocycles. The predicted octanol–water partition coefficient (Wildman–Crippen LogP) is 2.98. The number of rotatable bonds is 5. The van der Waals surface area contributed by atoms with E-state index in [4.69, 9.17) is 21.9 Å². The van der Waals surface area contributed by atoms with E-state index in [0.717, 1.165) is 0 Å². The normalized spacial score (nSPS) is 12.9. The van der Waals surface area contributed by atoms with Gasteiger partial charge in [0.05, 0.1) is 5.02 Å². The number of nitrogens with zero attached hydrogens (tertiary/aromatic N) is 2. The lowest BCUT2D eigenvalue weighted by Crippen LogP contribution is -2.28. The van der Waals surface area contributed by atoms with Crippen molar-refractivity contribution in [3.63, 3.8) is 0 Å². The van der Waals surface area contributed by atoms with Gasteiger partial charge < -0.3 is 10.3 Å². The van der Waals surface area contributed by atoms with Crippen molar-refractivity contribution in [3.05, 3.63) is 46.3 Å². The fraction of sp³-hybridized carbons (Fsp3) is 0.429. The van der Waals surface area contributed by atoms with Gasteiger partial charge in [-0.25, -0.2) is 4.39 Å². The average molecular weight is 298 g/mol. The summed E-state index contributed by atoms with van der Waals surface area (Å²) in [7, 11) is 0. The van der Waals surface area contributed by atoms with Crippen LogP contribution in [0.25, 0.3) is 0 Å². The smallest absolute Gasteiger partial charge is 0.228 e. The van der Waals surface area contributed by atoms with Crippen molar-refractivity contribution >= 4 is 11.6 Å². The molecule has 1 unspecified atom stereocenters. The third-order valence-electron chi connectivity index (χ3n) is 3.16. The molecule has 0 aliphatic carbocycles. The van der Waals surface area contributed by atoms with Gasteiger partial charge >= 0.3 is 0 Å². The second-order valence-corrected chi connectivity index (χ2v) is 5.51. The van der Waals surface area contributed by atoms with Crippen LogP contribution in [-0.4, -0.2) is 16.2 Å². The molecule has 0 spiro atoms. The quantitative estimate of drug-likeness (QED) is 0.921. The fourth-order valence-corrected chi connectivity index (χ4v) is 1.93. The first kappa shape index (κ1) is 14.9. The van der Waals surface area contributed by atoms with E-state index in [1.165, 1.54) is 6.07 Å². The molecule has 6 heteroatoms. The first-order chi connectivity index (χ1) is 9.47. The highest BCUT2D eigenvalue weighted by Gasteiger charge is 2.15. The second kappa shape index (κ2) is 6.33. The molecule has 0 saturated heterocycles. The minimum Gasteiger partial charge on any atom is -0.339 e. The molecule has 0 aliphatic heterocycles. The molecule has 108 valence electrons. The van der Waals surface area contributed by atoms with Crippen molar-refractivity contribution in [1.29, 1.82) is 0 Å². The Labute approximate surface area is 122 Å². The van der Waals surface area contributed by atoms with Gasteiger partial charge in [0.25, 0.3) is 0 Å². The number of hydrogen-bond donors (Lipinski definition) is 1. The van der Waals surface area contributed by atoms with E-state index < -0.39 is 5.82 Å². The van der Waals surface area contributed by atoms with E-state index in [-0.39, 0.29) is 17.5 Å². The molecule has 2 rings (SSSR count). The lowest BCUT2D eigenvalue weighted by Gasteiger charge is -2.11. The summed E-state index contributed by atoms with van der Waals surface area (Å²) in [5.74, 6) is 0.788. The van der Waals surface area contributed by atoms with Crippen LogP contribution in [0, 0.1) is 11.7 Å². The highest BCUT2D eigenvalue weighted by atomic mass is 35.5. The number of benzene rings is 1. The molecule has 20 heavy (non-hydrogen) atoms. The first-order valence-corrected chi connectivity index (χ1v) is 6.85. The summed E-state index contributed by atoms with van der Waals surface area (Å²) < 4.78 is 18.9. The van der Waals surface area contributed by atoms with Crippen LogP contribution in [0.3, 0.4) is 0 Å². The van der Waals surface area contributed by atoms with Crippen molar-refractivity contribution in [2.75, 3.05) is 0 Å². The maximum absolute atomic E-state index is 13.8. The van der Waals surface area contributed by atoms with E-state index in [0.29, 0.717) is 29.6 Å². The Kier molecular flexibility index (Phi) is 4.73. The molecular formula is C14H17ClFN3O. The summed E-state index contributed by atoms with van der Waals surface area (Å²) in [6.07, 6.45) is 0.759. The van der Waals surface area contributed by atoms with Gasteiger partial charge in [-0.15, -0.1) is 0 Å². The third kappa shape index (κ3) is 3.55. The van der Waals surface area contributed by atoms with Crippen molar-refractivity contribution in [2.24, 2.45) is 11.7 Å². The van der Waals surface area contributed by atoms with Crippen LogP contribution in [0.4, 0.5) is 4.39 Å². The molecule has 1 aromatic carbocycles. The van der Waals surface area contributed by atoms with Crippen molar-refractivity contribution < 1.29 is 8.91 Å². The van der Waals surface area contributed by atoms with E-state index in [1.54, 1.807) is 12.1 Å². The highest BCUT2D eigenvalue weighted by molar-refractivity contribution is 6.30. The fourth-order valence-electron chi connectivity index (χ4n) is 1.74. The van der Waals surface area contributed by atoms with E-state index in [1.807, 2.05) is 13.8 Å². The molecule has 0 amide bonds. The lowest BCUT2D eigenvalue weighted by molar-refractivity contribution is 0.350. The third-order valence-corrected chi connectivity index (χ3v) is 3.45. The minimum absolute atomic E-state index is 0.0359. The van der Waals surface area contributed by atoms with Gasteiger partial charge in [0.15, 0.2) is 5.82 Å². The topological polar surface area (TPSA) is 64.9 Å². The van der Waals surface area contributed by atoms with Gasteiger partial charge in [-0.3, -0.25) is 0 Å². The molecule has 0 aliphatic rings. The molecule has 1 aromatic heterocycles. The Hall–Kier alpha value is -1.46. The van der Waals surface area contributed by atoms with Crippen molar-refractivity contribution in [2.45, 2.75) is 32.7 Å². The van der Waals surface area contributed by atoms with Gasteiger partial charge in [0, 0.05) is 18.9 Å². The van der Waals surface area contributed by atoms with Gasteiger partial charge in [-0.2, -0.15) is 4.98 Å². The molecule has 1 heterocycles. The predicted molar refractivity (Wildman–Crippen MR) is 75.0 cm³/mol. The van der Waals surface area contributed by atoms with Crippen LogP contribution in [0.5, 0.6) is 0 Å². The van der Waals surface area contributed by atoms with Crippen LogP contribution in [0.1, 0.15) is 31.1 Å². The Balaban J connectivity index is 2.08. The van der Waals surface area contributed by atoms with Gasteiger partial charge in [-0.1, -0.05) is 42.7 Å². The zero-order valence-electron chi connectivity index (χ0n) is 11.4. The Morgan fingerprint density at radius 1 is 1.40 bits per heavy atom. The zero-order valence-corrected chi connectivity index (χ0v) is 12.2. The Morgan fingerprint density at radius 3 is 2.85 bits per heavy atom. The van der Waals surface area contributed by atoms with E-state index in [9.17, 15) is 4.39 Å². The van der Waals surface area contributed by atoms with Gasteiger partial charge in [0.2, 0.25) is 5.89 Å². The van der Waals surface area contributed by atoms with Crippen LogP contribution in [0.2, 0.25) is 5.02 Å². The molecule has 1 atom stereocenters. The number of hydrogen-bond acceptors (Lipinski definition) is 4. The van der Waals surface area contributed by atoms with E-state index in [2.05, 4.69) is 10.1 Å². The van der Waals surface area contributed by atoms with E-state index >= 15 is 0 Å². The largest absolute Gasteiger partial charge is 0.339 e. The molecule has 4 nitrogen and oxygen atoms in total. The summed E-state index contributed by atoms with van der Waals surface area (Å²) in [6, 6.07) is 4.81. The molecule has 0 radical (unpaired) electrons. The number of nitrogens with two attached hydrogens (primary N) is 1. The summed E-state index contributed by atoms with van der Waals surface area (Å²) in [5.41, 5.74) is 6.39. The van der Waals surface area contributed by atoms with Gasteiger partial charge in [0.1, 0.15) is 5.82 Å². The first-order valence-electron chi connectivity index (χ1n) is 6.47. The second-order valence-electron chi connectivity index (χ2n) is 5.11. The minimum atomic E-state index is -0.445. The Bertz CT molecular complexity index is 586. The highest BCUT2D eigenvalue weighted by Crippen LogP contribution is 2.19. The van der Waals surface area contributed by atoms with Gasteiger partial charge in [-0.05, 0) is 17.5 Å². The maximum Gasteiger partial charge on any atom is 0.228 e. The molecule has 2 aromatic rings.